The first-order chi connectivity index (χ1) is 21.0. The van der Waals surface area contributed by atoms with Crippen LogP contribution in [-0.2, 0) is 19.8 Å². The quantitative estimate of drug-likeness (QED) is 0.359. The lowest BCUT2D eigenvalue weighted by Crippen LogP contribution is -2.63. The highest BCUT2D eigenvalue weighted by Crippen LogP contribution is 2.66. The van der Waals surface area contributed by atoms with Gasteiger partial charge in [-0.15, -0.1) is 0 Å². The number of anilines is 1. The van der Waals surface area contributed by atoms with E-state index in [0.29, 0.717) is 30.1 Å². The van der Waals surface area contributed by atoms with E-state index >= 15 is 4.39 Å². The van der Waals surface area contributed by atoms with Crippen LogP contribution >= 0.6 is 23.2 Å². The summed E-state index contributed by atoms with van der Waals surface area (Å²) in [4.78, 5) is 44.5. The summed E-state index contributed by atoms with van der Waals surface area (Å²) < 4.78 is 16.3. The predicted octanol–water partition coefficient (Wildman–Crippen LogP) is 7.31. The summed E-state index contributed by atoms with van der Waals surface area (Å²) in [5, 5.41) is 7.09. The fraction of sp³-hybridized carbons (Fsp3) is 0.571. The number of ketones is 1. The van der Waals surface area contributed by atoms with Crippen molar-refractivity contribution < 1.29 is 18.8 Å². The van der Waals surface area contributed by atoms with E-state index in [2.05, 4.69) is 15.5 Å². The monoisotopic (exact) mass is 639 g/mol. The van der Waals surface area contributed by atoms with Gasteiger partial charge in [0.25, 0.3) is 0 Å². The smallest absolute Gasteiger partial charge is 0.238 e. The molecule has 3 atom stereocenters. The molecule has 0 radical (unpaired) electrons. The largest absolute Gasteiger partial charge is 0.349 e. The minimum Gasteiger partial charge on any atom is -0.349 e. The number of benzene rings is 2. The molecule has 2 aromatic carbocycles. The van der Waals surface area contributed by atoms with E-state index in [1.54, 1.807) is 31.2 Å². The van der Waals surface area contributed by atoms with Crippen molar-refractivity contribution >= 4 is 46.5 Å². The molecule has 2 N–H and O–H groups in total. The lowest BCUT2D eigenvalue weighted by molar-refractivity contribution is -0.137. The highest BCUT2D eigenvalue weighted by atomic mass is 35.5. The van der Waals surface area contributed by atoms with Gasteiger partial charge in [0, 0.05) is 33.1 Å². The highest BCUT2D eigenvalue weighted by molar-refractivity contribution is 6.31. The van der Waals surface area contributed by atoms with Gasteiger partial charge in [0.05, 0.1) is 11.1 Å². The van der Waals surface area contributed by atoms with Crippen LogP contribution in [0, 0.1) is 11.2 Å². The van der Waals surface area contributed by atoms with Gasteiger partial charge in [-0.1, -0.05) is 67.6 Å². The number of likely N-dealkylation sites (N-methyl/N-ethyl adjacent to an activating group) is 1. The molecule has 2 aromatic rings. The Balaban J connectivity index is 1.42. The fourth-order valence-electron chi connectivity index (χ4n) is 10.3. The summed E-state index contributed by atoms with van der Waals surface area (Å²) in [6, 6.07) is 9.57. The molecule has 8 rings (SSSR count). The number of rotatable bonds is 5. The Kier molecular flexibility index (Phi) is 7.23. The number of fused-ring (bicyclic) bond motifs is 6. The highest BCUT2D eigenvalue weighted by Gasteiger charge is 2.75. The van der Waals surface area contributed by atoms with Crippen LogP contribution in [-0.4, -0.2) is 46.2 Å². The summed E-state index contributed by atoms with van der Waals surface area (Å²) in [5.41, 5.74) is -0.962. The second-order valence-electron chi connectivity index (χ2n) is 14.0. The van der Waals surface area contributed by atoms with Gasteiger partial charge in [-0.3, -0.25) is 19.3 Å². The van der Waals surface area contributed by atoms with Crippen molar-refractivity contribution in [2.75, 3.05) is 11.9 Å². The molecule has 234 valence electrons. The minimum absolute atomic E-state index is 0.0297. The average Bonchev–Trinajstić information content (AvgIpc) is 3.44. The van der Waals surface area contributed by atoms with E-state index in [1.165, 1.54) is 6.07 Å². The molecule has 4 saturated carbocycles. The van der Waals surface area contributed by atoms with E-state index in [-0.39, 0.29) is 33.6 Å². The number of nitrogens with zero attached hydrogens (tertiary/aromatic N) is 1. The molecule has 2 amide bonds. The Bertz CT molecular complexity index is 1530. The molecule has 2 bridgehead atoms. The molecule has 9 heteroatoms. The number of halogens is 3. The summed E-state index contributed by atoms with van der Waals surface area (Å²) >= 11 is 12.9. The Morgan fingerprint density at radius 1 is 1.00 bits per heavy atom. The number of carbonyl (C=O) groups excluding carboxylic acids is 3. The van der Waals surface area contributed by atoms with Gasteiger partial charge in [-0.05, 0) is 94.2 Å². The van der Waals surface area contributed by atoms with Crippen molar-refractivity contribution in [1.29, 1.82) is 0 Å². The number of Topliss-reactive ketones (excluding diaryl/α,β-unsaturated/α-hetero) is 1. The molecule has 1 unspecified atom stereocenters. The van der Waals surface area contributed by atoms with Crippen LogP contribution in [0.2, 0.25) is 10.0 Å². The first-order valence-electron chi connectivity index (χ1n) is 16.2. The molecule has 6 nitrogen and oxygen atoms in total. The minimum atomic E-state index is -1.24. The second-order valence-corrected chi connectivity index (χ2v) is 14.8. The third-order valence-electron chi connectivity index (χ3n) is 12.4. The topological polar surface area (TPSA) is 78.5 Å². The van der Waals surface area contributed by atoms with Crippen LogP contribution < -0.4 is 10.6 Å². The van der Waals surface area contributed by atoms with Crippen LogP contribution in [0.4, 0.5) is 10.1 Å². The van der Waals surface area contributed by atoms with Gasteiger partial charge in [0.1, 0.15) is 17.0 Å². The van der Waals surface area contributed by atoms with E-state index in [4.69, 9.17) is 23.2 Å². The molecule has 1 saturated heterocycles. The third-order valence-corrected chi connectivity index (χ3v) is 12.9. The second kappa shape index (κ2) is 10.5. The van der Waals surface area contributed by atoms with Crippen LogP contribution in [0.5, 0.6) is 0 Å². The SMILES string of the molecule is CCN1C(C(=O)NC23CCC(C(C)=O)(CC2)CC3)[C@H](c2cccc(Cl)c2F)[C@]2(C(=O)Nc3cc(Cl)ccc32)C12CCCCC2. The van der Waals surface area contributed by atoms with E-state index in [1.807, 2.05) is 13.0 Å². The van der Waals surface area contributed by atoms with E-state index in [9.17, 15) is 14.4 Å². The maximum atomic E-state index is 16.3. The molecular formula is C35H40Cl2FN3O3. The molecule has 2 aliphatic heterocycles. The molecule has 44 heavy (non-hydrogen) atoms. The maximum absolute atomic E-state index is 16.3. The van der Waals surface area contributed by atoms with E-state index in [0.717, 1.165) is 63.4 Å². The standard InChI is InChI=1S/C35H40Cl2FN3O3/c1-3-41-29(30(43)40-33-17-14-32(15-18-33,16-19-33)21(2)42)27(23-8-7-9-25(37)28(23)38)35(34(41)12-5-4-6-13-34)24-11-10-22(36)20-26(24)39-31(35)44/h7-11,20,27,29H,3-6,12-19H2,1-2H3,(H,39,44)(H,40,43)/t27-,29?,32?,33?,35+/m0/s1. The first kappa shape index (κ1) is 30.2. The number of carbonyl (C=O) groups is 3. The van der Waals surface area contributed by atoms with Crippen molar-refractivity contribution in [2.24, 2.45) is 5.41 Å². The van der Waals surface area contributed by atoms with Crippen LogP contribution in [0.3, 0.4) is 0 Å². The Morgan fingerprint density at radius 2 is 1.68 bits per heavy atom. The summed E-state index contributed by atoms with van der Waals surface area (Å²) in [6.07, 6.45) is 8.80. The summed E-state index contributed by atoms with van der Waals surface area (Å²) in [6.45, 7) is 4.26. The molecule has 2 heterocycles. The maximum Gasteiger partial charge on any atom is 0.238 e. The lowest BCUT2D eigenvalue weighted by atomic mass is 9.55. The Labute approximate surface area is 268 Å². The van der Waals surface area contributed by atoms with Crippen molar-refractivity contribution in [1.82, 2.24) is 10.2 Å². The van der Waals surface area contributed by atoms with Crippen LogP contribution in [0.25, 0.3) is 0 Å². The molecule has 5 fully saturated rings. The number of likely N-dealkylation sites (tertiary alicyclic amines) is 1. The predicted molar refractivity (Wildman–Crippen MR) is 170 cm³/mol. The van der Waals surface area contributed by atoms with E-state index < -0.39 is 34.3 Å². The van der Waals surface area contributed by atoms with Crippen molar-refractivity contribution in [3.8, 4) is 0 Å². The zero-order chi connectivity index (χ0) is 31.1. The van der Waals surface area contributed by atoms with Gasteiger partial charge >= 0.3 is 0 Å². The molecule has 6 aliphatic rings. The zero-order valence-electron chi connectivity index (χ0n) is 25.4. The van der Waals surface area contributed by atoms with Gasteiger partial charge in [0.15, 0.2) is 0 Å². The van der Waals surface area contributed by atoms with Gasteiger partial charge in [-0.2, -0.15) is 0 Å². The molecular weight excluding hydrogens is 600 g/mol. The zero-order valence-corrected chi connectivity index (χ0v) is 26.9. The third kappa shape index (κ3) is 3.97. The normalized spacial score (nSPS) is 33.9. The van der Waals surface area contributed by atoms with Gasteiger partial charge < -0.3 is 10.6 Å². The van der Waals surface area contributed by atoms with Crippen molar-refractivity contribution in [3.05, 3.63) is 63.4 Å². The lowest BCUT2D eigenvalue weighted by Gasteiger charge is -2.53. The Morgan fingerprint density at radius 3 is 2.32 bits per heavy atom. The van der Waals surface area contributed by atoms with Crippen molar-refractivity contribution in [3.63, 3.8) is 0 Å². The number of nitrogens with one attached hydrogen (secondary N) is 2. The number of hydrogen-bond acceptors (Lipinski definition) is 4. The molecule has 4 aliphatic carbocycles. The first-order valence-corrected chi connectivity index (χ1v) is 17.0. The van der Waals surface area contributed by atoms with Gasteiger partial charge in [-0.25, -0.2) is 4.39 Å². The number of amides is 2. The van der Waals surface area contributed by atoms with Crippen LogP contribution in [0.1, 0.15) is 102 Å². The summed E-state index contributed by atoms with van der Waals surface area (Å²) in [5.74, 6) is -1.56. The average molecular weight is 641 g/mol. The molecule has 0 aromatic heterocycles. The van der Waals surface area contributed by atoms with Crippen LogP contribution in [0.15, 0.2) is 36.4 Å². The van der Waals surface area contributed by atoms with Gasteiger partial charge in [0.2, 0.25) is 11.8 Å². The summed E-state index contributed by atoms with van der Waals surface area (Å²) in [7, 11) is 0. The fourth-order valence-corrected chi connectivity index (χ4v) is 10.6. The van der Waals surface area contributed by atoms with Crippen molar-refractivity contribution in [2.45, 2.75) is 113 Å². The molecule has 2 spiro atoms. The Hall–Kier alpha value is -2.48. The number of hydrogen-bond donors (Lipinski definition) is 2.